The van der Waals surface area contributed by atoms with Gasteiger partial charge in [-0.05, 0) is 42.0 Å². The number of sulfonamides is 1. The lowest BCUT2D eigenvalue weighted by Crippen LogP contribution is -2.40. The van der Waals surface area contributed by atoms with E-state index >= 15 is 0 Å². The van der Waals surface area contributed by atoms with Crippen LogP contribution in [0.1, 0.15) is 15.9 Å². The van der Waals surface area contributed by atoms with Gasteiger partial charge in [0, 0.05) is 0 Å². The Hall–Kier alpha value is -4.05. The SMILES string of the molecule is COC(=O)c1ccc(/C=N\NC(=O)CN(c2ccccc2F)S(=O)(=O)c2ccccc2)cc1. The topological polar surface area (TPSA) is 105 Å². The quantitative estimate of drug-likeness (QED) is 0.310. The number of halogens is 1. The first kappa shape index (κ1) is 23.6. The third-order valence-electron chi connectivity index (χ3n) is 4.47. The molecule has 0 aliphatic rings. The third kappa shape index (κ3) is 5.80. The number of amides is 1. The first-order chi connectivity index (χ1) is 15.8. The van der Waals surface area contributed by atoms with Gasteiger partial charge in [0.05, 0.1) is 29.5 Å². The molecule has 10 heteroatoms. The molecule has 33 heavy (non-hydrogen) atoms. The summed E-state index contributed by atoms with van der Waals surface area (Å²) in [6, 6.07) is 18.9. The Balaban J connectivity index is 1.78. The van der Waals surface area contributed by atoms with Gasteiger partial charge in [0.25, 0.3) is 15.9 Å². The van der Waals surface area contributed by atoms with Gasteiger partial charge in [0.2, 0.25) is 0 Å². The lowest BCUT2D eigenvalue weighted by atomic mass is 10.1. The molecule has 170 valence electrons. The molecule has 0 unspecified atom stereocenters. The van der Waals surface area contributed by atoms with E-state index in [0.29, 0.717) is 15.4 Å². The highest BCUT2D eigenvalue weighted by Gasteiger charge is 2.28. The predicted molar refractivity (Wildman–Crippen MR) is 121 cm³/mol. The van der Waals surface area contributed by atoms with Gasteiger partial charge < -0.3 is 4.74 Å². The average Bonchev–Trinajstić information content (AvgIpc) is 2.83. The molecule has 8 nitrogen and oxygen atoms in total. The van der Waals surface area contributed by atoms with Gasteiger partial charge in [-0.15, -0.1) is 0 Å². The molecule has 0 heterocycles. The third-order valence-corrected chi connectivity index (χ3v) is 6.25. The summed E-state index contributed by atoms with van der Waals surface area (Å²) in [6.07, 6.45) is 1.32. The second-order valence-electron chi connectivity index (χ2n) is 6.68. The minimum absolute atomic E-state index is 0.0877. The van der Waals surface area contributed by atoms with E-state index in [1.165, 1.54) is 67.9 Å². The lowest BCUT2D eigenvalue weighted by Gasteiger charge is -2.24. The van der Waals surface area contributed by atoms with Crippen molar-refractivity contribution in [2.75, 3.05) is 18.0 Å². The maximum Gasteiger partial charge on any atom is 0.337 e. The molecule has 0 spiro atoms. The minimum Gasteiger partial charge on any atom is -0.465 e. The number of esters is 1. The molecule has 0 atom stereocenters. The molecule has 0 saturated carbocycles. The highest BCUT2D eigenvalue weighted by atomic mass is 32.2. The van der Waals surface area contributed by atoms with Crippen LogP contribution in [0.2, 0.25) is 0 Å². The zero-order valence-corrected chi connectivity index (χ0v) is 18.3. The zero-order valence-electron chi connectivity index (χ0n) is 17.5. The van der Waals surface area contributed by atoms with Crippen molar-refractivity contribution in [2.45, 2.75) is 4.90 Å². The van der Waals surface area contributed by atoms with Crippen molar-refractivity contribution >= 4 is 33.8 Å². The van der Waals surface area contributed by atoms with Crippen LogP contribution < -0.4 is 9.73 Å². The van der Waals surface area contributed by atoms with Gasteiger partial charge in [0.15, 0.2) is 0 Å². The summed E-state index contributed by atoms with van der Waals surface area (Å²) in [7, 11) is -2.95. The van der Waals surface area contributed by atoms with E-state index in [4.69, 9.17) is 0 Å². The molecule has 1 amide bonds. The molecular weight excluding hydrogens is 449 g/mol. The van der Waals surface area contributed by atoms with Gasteiger partial charge in [-0.1, -0.05) is 42.5 Å². The number of carbonyl (C=O) groups is 2. The summed E-state index contributed by atoms with van der Waals surface area (Å²) in [6.45, 7) is -0.698. The summed E-state index contributed by atoms with van der Waals surface area (Å²) in [5.74, 6) is -2.06. The number of anilines is 1. The number of carbonyl (C=O) groups excluding carboxylic acids is 2. The number of para-hydroxylation sites is 1. The Labute approximate surface area is 190 Å². The Morgan fingerprint density at radius 1 is 1.00 bits per heavy atom. The molecule has 0 aliphatic heterocycles. The first-order valence-electron chi connectivity index (χ1n) is 9.65. The number of hydrazone groups is 1. The number of nitrogens with zero attached hydrogens (tertiary/aromatic N) is 2. The van der Waals surface area contributed by atoms with Crippen LogP contribution in [0.4, 0.5) is 10.1 Å². The number of rotatable bonds is 8. The molecule has 0 fully saturated rings. The van der Waals surface area contributed by atoms with Gasteiger partial charge >= 0.3 is 5.97 Å². The number of hydrogen-bond donors (Lipinski definition) is 1. The van der Waals surface area contributed by atoms with E-state index in [1.807, 2.05) is 0 Å². The standard InChI is InChI=1S/C23H20FN3O5S/c1-32-23(29)18-13-11-17(12-14-18)15-25-26-22(28)16-27(21-10-6-5-9-20(21)24)33(30,31)19-7-3-2-4-8-19/h2-15H,16H2,1H3,(H,26,28)/b25-15-. The maximum atomic E-state index is 14.4. The van der Waals surface area contributed by atoms with E-state index in [9.17, 15) is 22.4 Å². The van der Waals surface area contributed by atoms with Crippen molar-refractivity contribution in [2.24, 2.45) is 5.10 Å². The van der Waals surface area contributed by atoms with Crippen molar-refractivity contribution in [1.29, 1.82) is 0 Å². The molecule has 0 aromatic heterocycles. The van der Waals surface area contributed by atoms with Crippen LogP contribution >= 0.6 is 0 Å². The molecule has 3 aromatic carbocycles. The van der Waals surface area contributed by atoms with Crippen LogP contribution in [-0.4, -0.2) is 40.2 Å². The summed E-state index contributed by atoms with van der Waals surface area (Å²) < 4.78 is 46.0. The summed E-state index contributed by atoms with van der Waals surface area (Å²) in [4.78, 5) is 23.8. The molecule has 3 rings (SSSR count). The van der Waals surface area contributed by atoms with E-state index in [2.05, 4.69) is 15.3 Å². The Morgan fingerprint density at radius 3 is 2.27 bits per heavy atom. The minimum atomic E-state index is -4.23. The Kier molecular flexibility index (Phi) is 7.52. The largest absolute Gasteiger partial charge is 0.465 e. The van der Waals surface area contributed by atoms with Crippen molar-refractivity contribution in [1.82, 2.24) is 5.43 Å². The van der Waals surface area contributed by atoms with Crippen molar-refractivity contribution in [3.8, 4) is 0 Å². The maximum absolute atomic E-state index is 14.4. The van der Waals surface area contributed by atoms with Crippen molar-refractivity contribution < 1.29 is 27.1 Å². The molecule has 0 saturated heterocycles. The van der Waals surface area contributed by atoms with Gasteiger partial charge in [-0.25, -0.2) is 23.0 Å². The van der Waals surface area contributed by atoms with Crippen LogP contribution in [0.25, 0.3) is 0 Å². The fourth-order valence-electron chi connectivity index (χ4n) is 2.84. The molecule has 1 N–H and O–H groups in total. The van der Waals surface area contributed by atoms with E-state index in [-0.39, 0.29) is 10.6 Å². The predicted octanol–water partition coefficient (Wildman–Crippen LogP) is 2.96. The number of hydrogen-bond acceptors (Lipinski definition) is 6. The second-order valence-corrected chi connectivity index (χ2v) is 8.55. The average molecular weight is 469 g/mol. The van der Waals surface area contributed by atoms with Crippen molar-refractivity contribution in [3.05, 3.63) is 95.8 Å². The van der Waals surface area contributed by atoms with Crippen LogP contribution in [-0.2, 0) is 19.6 Å². The number of methoxy groups -OCH3 is 1. The van der Waals surface area contributed by atoms with Gasteiger partial charge in [-0.3, -0.25) is 9.10 Å². The molecule has 0 radical (unpaired) electrons. The van der Waals surface area contributed by atoms with E-state index < -0.39 is 34.3 Å². The van der Waals surface area contributed by atoms with Crippen LogP contribution in [0.15, 0.2) is 88.9 Å². The molecule has 0 aliphatic carbocycles. The molecular formula is C23H20FN3O5S. The van der Waals surface area contributed by atoms with Gasteiger partial charge in [0.1, 0.15) is 12.4 Å². The summed E-state index contributed by atoms with van der Waals surface area (Å²) >= 11 is 0. The van der Waals surface area contributed by atoms with E-state index in [0.717, 1.165) is 6.07 Å². The van der Waals surface area contributed by atoms with Crippen LogP contribution in [0, 0.1) is 5.82 Å². The highest BCUT2D eigenvalue weighted by Crippen LogP contribution is 2.25. The van der Waals surface area contributed by atoms with Gasteiger partial charge in [-0.2, -0.15) is 5.10 Å². The first-order valence-corrected chi connectivity index (χ1v) is 11.1. The molecule has 0 bridgehead atoms. The normalized spacial score (nSPS) is 11.2. The van der Waals surface area contributed by atoms with Crippen LogP contribution in [0.5, 0.6) is 0 Å². The summed E-state index contributed by atoms with van der Waals surface area (Å²) in [5.41, 5.74) is 2.90. The number of ether oxygens (including phenoxy) is 1. The number of nitrogens with one attached hydrogen (secondary N) is 1. The highest BCUT2D eigenvalue weighted by molar-refractivity contribution is 7.92. The monoisotopic (exact) mass is 469 g/mol. The zero-order chi connectivity index (χ0) is 23.8. The van der Waals surface area contributed by atoms with Crippen molar-refractivity contribution in [3.63, 3.8) is 0 Å². The fourth-order valence-corrected chi connectivity index (χ4v) is 4.29. The second kappa shape index (κ2) is 10.5. The smallest absolute Gasteiger partial charge is 0.337 e. The number of benzene rings is 3. The molecule has 3 aromatic rings. The summed E-state index contributed by atoms with van der Waals surface area (Å²) in [5, 5.41) is 3.80. The Morgan fingerprint density at radius 2 is 1.64 bits per heavy atom. The lowest BCUT2D eigenvalue weighted by molar-refractivity contribution is -0.119. The Bertz CT molecular complexity index is 1260. The van der Waals surface area contributed by atoms with Crippen LogP contribution in [0.3, 0.4) is 0 Å². The van der Waals surface area contributed by atoms with E-state index in [1.54, 1.807) is 18.2 Å². The fraction of sp³-hybridized carbons (Fsp3) is 0.0870.